The van der Waals surface area contributed by atoms with Crippen LogP contribution in [0.1, 0.15) is 30.2 Å². The van der Waals surface area contributed by atoms with Crippen LogP contribution in [0.2, 0.25) is 0 Å². The van der Waals surface area contributed by atoms with Crippen LogP contribution in [0, 0.1) is 6.92 Å². The third kappa shape index (κ3) is 3.19. The monoisotopic (exact) mass is 325 g/mol. The third-order valence-corrected chi connectivity index (χ3v) is 3.59. The summed E-state index contributed by atoms with van der Waals surface area (Å²) >= 11 is 3.54. The van der Waals surface area contributed by atoms with E-state index >= 15 is 0 Å². The van der Waals surface area contributed by atoms with Crippen LogP contribution < -0.4 is 5.32 Å². The summed E-state index contributed by atoms with van der Waals surface area (Å²) in [4.78, 5) is 0. The van der Waals surface area contributed by atoms with Gasteiger partial charge in [-0.2, -0.15) is 0 Å². The lowest BCUT2D eigenvalue weighted by Gasteiger charge is -2.03. The van der Waals surface area contributed by atoms with Crippen molar-refractivity contribution in [2.45, 2.75) is 33.4 Å². The van der Waals surface area contributed by atoms with Crippen molar-refractivity contribution in [3.63, 3.8) is 0 Å². The highest BCUT2D eigenvalue weighted by molar-refractivity contribution is 9.10. The fourth-order valence-electron chi connectivity index (χ4n) is 2.25. The fraction of sp³-hybridized carbons (Fsp3) is 0.467. The zero-order valence-electron chi connectivity index (χ0n) is 11.7. The van der Waals surface area contributed by atoms with Crippen LogP contribution in [0.5, 0.6) is 0 Å². The minimum Gasteiger partial charge on any atom is -0.459 e. The van der Waals surface area contributed by atoms with E-state index in [0.29, 0.717) is 6.61 Å². The van der Waals surface area contributed by atoms with Gasteiger partial charge in [0.2, 0.25) is 0 Å². The van der Waals surface area contributed by atoms with Gasteiger partial charge in [0, 0.05) is 22.5 Å². The highest BCUT2D eigenvalue weighted by atomic mass is 79.9. The Labute approximate surface area is 122 Å². The SMILES string of the molecule is CCCNCc1oc2c(C)cc(Br)cc2c1COC. The van der Waals surface area contributed by atoms with Crippen molar-refractivity contribution in [1.82, 2.24) is 5.32 Å². The first-order valence-electron chi connectivity index (χ1n) is 6.57. The van der Waals surface area contributed by atoms with Crippen molar-refractivity contribution in [2.75, 3.05) is 13.7 Å². The molecule has 2 aromatic rings. The second-order valence-corrected chi connectivity index (χ2v) is 5.63. The molecule has 0 unspecified atom stereocenters. The van der Waals surface area contributed by atoms with Crippen molar-refractivity contribution >= 4 is 26.9 Å². The summed E-state index contributed by atoms with van der Waals surface area (Å²) in [6.07, 6.45) is 1.12. The Kier molecular flexibility index (Phi) is 5.02. The molecule has 0 radical (unpaired) electrons. The van der Waals surface area contributed by atoms with Gasteiger partial charge in [-0.15, -0.1) is 0 Å². The largest absolute Gasteiger partial charge is 0.459 e. The number of nitrogens with one attached hydrogen (secondary N) is 1. The van der Waals surface area contributed by atoms with Crippen LogP contribution in [0.15, 0.2) is 21.0 Å². The summed E-state index contributed by atoms with van der Waals surface area (Å²) in [6.45, 7) is 6.54. The van der Waals surface area contributed by atoms with E-state index in [2.05, 4.69) is 47.2 Å². The molecule has 1 aromatic heterocycles. The molecule has 3 nitrogen and oxygen atoms in total. The molecule has 0 atom stereocenters. The van der Waals surface area contributed by atoms with Gasteiger partial charge in [0.25, 0.3) is 0 Å². The van der Waals surface area contributed by atoms with E-state index in [0.717, 1.165) is 51.8 Å². The number of hydrogen-bond donors (Lipinski definition) is 1. The molecule has 1 heterocycles. The van der Waals surface area contributed by atoms with Gasteiger partial charge in [-0.3, -0.25) is 0 Å². The molecule has 2 rings (SSSR count). The normalized spacial score (nSPS) is 11.4. The molecule has 0 saturated carbocycles. The Morgan fingerprint density at radius 3 is 2.84 bits per heavy atom. The lowest BCUT2D eigenvalue weighted by atomic mass is 10.1. The molecule has 0 bridgehead atoms. The van der Waals surface area contributed by atoms with Crippen LogP contribution in [0.4, 0.5) is 0 Å². The summed E-state index contributed by atoms with van der Waals surface area (Å²) in [5, 5.41) is 4.52. The van der Waals surface area contributed by atoms with Gasteiger partial charge in [-0.05, 0) is 37.6 Å². The van der Waals surface area contributed by atoms with Crippen molar-refractivity contribution in [1.29, 1.82) is 0 Å². The molecule has 19 heavy (non-hydrogen) atoms. The van der Waals surface area contributed by atoms with Crippen LogP contribution in [0.25, 0.3) is 11.0 Å². The van der Waals surface area contributed by atoms with E-state index < -0.39 is 0 Å². The first-order chi connectivity index (χ1) is 9.17. The van der Waals surface area contributed by atoms with Gasteiger partial charge in [0.15, 0.2) is 0 Å². The Morgan fingerprint density at radius 2 is 2.16 bits per heavy atom. The number of benzene rings is 1. The summed E-state index contributed by atoms with van der Waals surface area (Å²) in [7, 11) is 1.72. The van der Waals surface area contributed by atoms with E-state index in [4.69, 9.17) is 9.15 Å². The van der Waals surface area contributed by atoms with Gasteiger partial charge in [-0.25, -0.2) is 0 Å². The van der Waals surface area contributed by atoms with Crippen molar-refractivity contribution in [3.8, 4) is 0 Å². The van der Waals surface area contributed by atoms with E-state index in [1.54, 1.807) is 7.11 Å². The van der Waals surface area contributed by atoms with Crippen molar-refractivity contribution < 1.29 is 9.15 Å². The Hall–Kier alpha value is -0.840. The average molecular weight is 326 g/mol. The summed E-state index contributed by atoms with van der Waals surface area (Å²) in [5.41, 5.74) is 3.25. The van der Waals surface area contributed by atoms with E-state index in [-0.39, 0.29) is 0 Å². The maximum atomic E-state index is 6.02. The van der Waals surface area contributed by atoms with Gasteiger partial charge in [-0.1, -0.05) is 22.9 Å². The van der Waals surface area contributed by atoms with Crippen LogP contribution in [-0.2, 0) is 17.9 Å². The predicted molar refractivity (Wildman–Crippen MR) is 81.4 cm³/mol. The number of furan rings is 1. The number of rotatable bonds is 6. The van der Waals surface area contributed by atoms with E-state index in [9.17, 15) is 0 Å². The number of ether oxygens (including phenoxy) is 1. The fourth-order valence-corrected chi connectivity index (χ4v) is 2.82. The number of methoxy groups -OCH3 is 1. The molecular weight excluding hydrogens is 306 g/mol. The number of aryl methyl sites for hydroxylation is 1. The quantitative estimate of drug-likeness (QED) is 0.810. The Morgan fingerprint density at radius 1 is 1.37 bits per heavy atom. The molecule has 0 aliphatic heterocycles. The highest BCUT2D eigenvalue weighted by Crippen LogP contribution is 2.32. The first kappa shape index (κ1) is 14.6. The highest BCUT2D eigenvalue weighted by Gasteiger charge is 2.15. The zero-order chi connectivity index (χ0) is 13.8. The summed E-state index contributed by atoms with van der Waals surface area (Å²) in [5.74, 6) is 0.978. The Bertz CT molecular complexity index is 563. The molecule has 0 aliphatic rings. The molecular formula is C15H20BrNO2. The molecule has 1 aromatic carbocycles. The standard InChI is InChI=1S/C15H20BrNO2/c1-4-5-17-8-14-13(9-18-3)12-7-11(16)6-10(2)15(12)19-14/h6-7,17H,4-5,8-9H2,1-3H3. The summed E-state index contributed by atoms with van der Waals surface area (Å²) in [6, 6.07) is 4.18. The minimum atomic E-state index is 0.575. The molecule has 0 saturated heterocycles. The van der Waals surface area contributed by atoms with Gasteiger partial charge in [0.1, 0.15) is 11.3 Å². The smallest absolute Gasteiger partial charge is 0.137 e. The van der Waals surface area contributed by atoms with Gasteiger partial charge >= 0.3 is 0 Å². The van der Waals surface area contributed by atoms with Crippen molar-refractivity contribution in [2.24, 2.45) is 0 Å². The molecule has 0 fully saturated rings. The van der Waals surface area contributed by atoms with E-state index in [1.165, 1.54) is 0 Å². The number of halogens is 1. The molecule has 0 amide bonds. The maximum absolute atomic E-state index is 6.02. The third-order valence-electron chi connectivity index (χ3n) is 3.13. The van der Waals surface area contributed by atoms with Crippen LogP contribution in [-0.4, -0.2) is 13.7 Å². The number of fused-ring (bicyclic) bond motifs is 1. The summed E-state index contributed by atoms with van der Waals surface area (Å²) < 4.78 is 12.4. The predicted octanol–water partition coefficient (Wildman–Crippen LogP) is 4.15. The number of hydrogen-bond acceptors (Lipinski definition) is 3. The topological polar surface area (TPSA) is 34.4 Å². The minimum absolute atomic E-state index is 0.575. The van der Waals surface area contributed by atoms with E-state index in [1.807, 2.05) is 0 Å². The molecule has 0 spiro atoms. The van der Waals surface area contributed by atoms with Gasteiger partial charge in [0.05, 0.1) is 13.2 Å². The van der Waals surface area contributed by atoms with Crippen molar-refractivity contribution in [3.05, 3.63) is 33.5 Å². The second-order valence-electron chi connectivity index (χ2n) is 4.71. The lowest BCUT2D eigenvalue weighted by Crippen LogP contribution is -2.14. The zero-order valence-corrected chi connectivity index (χ0v) is 13.3. The molecule has 1 N–H and O–H groups in total. The second kappa shape index (κ2) is 6.55. The average Bonchev–Trinajstić information content (AvgIpc) is 2.70. The molecule has 0 aliphatic carbocycles. The lowest BCUT2D eigenvalue weighted by molar-refractivity contribution is 0.183. The molecule has 4 heteroatoms. The Balaban J connectivity index is 2.44. The molecule has 104 valence electrons. The maximum Gasteiger partial charge on any atom is 0.137 e. The van der Waals surface area contributed by atoms with Gasteiger partial charge < -0.3 is 14.5 Å². The first-order valence-corrected chi connectivity index (χ1v) is 7.36. The van der Waals surface area contributed by atoms with Crippen LogP contribution in [0.3, 0.4) is 0 Å². The van der Waals surface area contributed by atoms with Crippen LogP contribution >= 0.6 is 15.9 Å².